The normalized spacial score (nSPS) is 11.9. The summed E-state index contributed by atoms with van der Waals surface area (Å²) in [5.74, 6) is 1.71. The molecule has 0 saturated heterocycles. The summed E-state index contributed by atoms with van der Waals surface area (Å²) in [4.78, 5) is 20.1. The molecule has 0 aliphatic heterocycles. The summed E-state index contributed by atoms with van der Waals surface area (Å²) >= 11 is 0. The molecule has 0 saturated carbocycles. The van der Waals surface area contributed by atoms with Gasteiger partial charge in [-0.2, -0.15) is 0 Å². The molecule has 0 spiro atoms. The Morgan fingerprint density at radius 1 is 0.391 bits per heavy atom. The van der Waals surface area contributed by atoms with Crippen molar-refractivity contribution in [2.24, 2.45) is 0 Å². The van der Waals surface area contributed by atoms with E-state index >= 15 is 0 Å². The van der Waals surface area contributed by atoms with Crippen molar-refractivity contribution in [2.45, 2.75) is 0 Å². The molecule has 6 aromatic carbocycles. The van der Waals surface area contributed by atoms with E-state index in [4.69, 9.17) is 23.8 Å². The second-order valence-corrected chi connectivity index (χ2v) is 11.4. The number of furan rings is 2. The van der Waals surface area contributed by atoms with Crippen LogP contribution in [-0.2, 0) is 0 Å². The molecule has 10 aromatic rings. The van der Waals surface area contributed by atoms with Gasteiger partial charge in [0.25, 0.3) is 0 Å². The van der Waals surface area contributed by atoms with E-state index in [1.165, 1.54) is 5.39 Å². The molecule has 6 nitrogen and oxygen atoms in total. The maximum absolute atomic E-state index is 6.26. The van der Waals surface area contributed by atoms with Crippen LogP contribution in [-0.4, -0.2) is 19.9 Å². The van der Waals surface area contributed by atoms with Crippen LogP contribution < -0.4 is 0 Å². The average Bonchev–Trinajstić information content (AvgIpc) is 3.70. The van der Waals surface area contributed by atoms with E-state index < -0.39 is 0 Å². The molecular weight excluding hydrogens is 568 g/mol. The van der Waals surface area contributed by atoms with Crippen molar-refractivity contribution in [1.82, 2.24) is 19.9 Å². The maximum atomic E-state index is 6.26. The lowest BCUT2D eigenvalue weighted by Gasteiger charge is -2.13. The smallest absolute Gasteiger partial charge is 0.227 e. The Balaban J connectivity index is 1.33. The van der Waals surface area contributed by atoms with E-state index in [9.17, 15) is 0 Å². The fraction of sp³-hybridized carbons (Fsp3) is 0. The predicted octanol–water partition coefficient (Wildman–Crippen LogP) is 10.4. The molecule has 0 unspecified atom stereocenters. The van der Waals surface area contributed by atoms with Crippen molar-refractivity contribution >= 4 is 65.6 Å². The third kappa shape index (κ3) is 3.64. The molecule has 10 rings (SSSR count). The Kier molecular flexibility index (Phi) is 5.19. The first-order chi connectivity index (χ1) is 22.8. The highest BCUT2D eigenvalue weighted by Gasteiger charge is 2.21. The van der Waals surface area contributed by atoms with Gasteiger partial charge >= 0.3 is 0 Å². The quantitative estimate of drug-likeness (QED) is 0.191. The van der Waals surface area contributed by atoms with Crippen molar-refractivity contribution in [3.05, 3.63) is 134 Å². The number of nitrogens with zero attached hydrogens (tertiary/aromatic N) is 4. The minimum Gasteiger partial charge on any atom is -0.456 e. The average molecular weight is 591 g/mol. The Labute approximate surface area is 261 Å². The van der Waals surface area contributed by atoms with Gasteiger partial charge in [0.15, 0.2) is 17.5 Å². The molecule has 0 bridgehead atoms. The molecule has 4 heterocycles. The number of aromatic nitrogens is 4. The van der Waals surface area contributed by atoms with Gasteiger partial charge in [-0.05, 0) is 57.9 Å². The first-order valence-electron chi connectivity index (χ1n) is 15.1. The van der Waals surface area contributed by atoms with Crippen molar-refractivity contribution in [2.75, 3.05) is 0 Å². The molecule has 4 aromatic heterocycles. The van der Waals surface area contributed by atoms with Gasteiger partial charge in [-0.1, -0.05) is 91.0 Å². The highest BCUT2D eigenvalue weighted by atomic mass is 16.3. The lowest BCUT2D eigenvalue weighted by atomic mass is 9.96. The van der Waals surface area contributed by atoms with Gasteiger partial charge in [-0.25, -0.2) is 19.9 Å². The van der Waals surface area contributed by atoms with Crippen molar-refractivity contribution < 1.29 is 8.83 Å². The van der Waals surface area contributed by atoms with Crippen molar-refractivity contribution in [3.8, 4) is 34.2 Å². The van der Waals surface area contributed by atoms with E-state index in [2.05, 4.69) is 71.7 Å². The molecular formula is C40H22N4O2. The standard InChI is InChI=1S/C40H22N4O2/c1-2-11-24-23(10-1)22-31(26-13-4-3-12-25(24)26)39-43-37(28-15-7-19-33-35(28)27-14-5-6-18-32(27)45-33)42-38(44-39)29-16-8-20-34-36(29)30-17-9-21-41-40(30)46-34/h1-22H. The van der Waals surface area contributed by atoms with Crippen molar-refractivity contribution in [1.29, 1.82) is 0 Å². The highest BCUT2D eigenvalue weighted by Crippen LogP contribution is 2.40. The van der Waals surface area contributed by atoms with E-state index in [0.717, 1.165) is 71.1 Å². The minimum absolute atomic E-state index is 0.555. The van der Waals surface area contributed by atoms with E-state index in [-0.39, 0.29) is 0 Å². The fourth-order valence-electron chi connectivity index (χ4n) is 6.78. The zero-order valence-corrected chi connectivity index (χ0v) is 24.3. The molecule has 0 N–H and O–H groups in total. The van der Waals surface area contributed by atoms with Crippen LogP contribution in [0.3, 0.4) is 0 Å². The van der Waals surface area contributed by atoms with Crippen LogP contribution in [0.2, 0.25) is 0 Å². The predicted molar refractivity (Wildman–Crippen MR) is 183 cm³/mol. The summed E-state index contributed by atoms with van der Waals surface area (Å²) in [5.41, 5.74) is 5.58. The third-order valence-electron chi connectivity index (χ3n) is 8.80. The topological polar surface area (TPSA) is 77.8 Å². The van der Waals surface area contributed by atoms with Crippen LogP contribution in [0.5, 0.6) is 0 Å². The Morgan fingerprint density at radius 2 is 0.957 bits per heavy atom. The molecule has 6 heteroatoms. The number of hydrogen-bond acceptors (Lipinski definition) is 6. The Morgan fingerprint density at radius 3 is 1.74 bits per heavy atom. The number of pyridine rings is 1. The van der Waals surface area contributed by atoms with Crippen LogP contribution in [0, 0.1) is 0 Å². The monoisotopic (exact) mass is 590 g/mol. The number of rotatable bonds is 3. The summed E-state index contributed by atoms with van der Waals surface area (Å²) < 4.78 is 12.4. The third-order valence-corrected chi connectivity index (χ3v) is 8.80. The summed E-state index contributed by atoms with van der Waals surface area (Å²) in [6.45, 7) is 0. The van der Waals surface area contributed by atoms with Crippen LogP contribution in [0.15, 0.2) is 142 Å². The van der Waals surface area contributed by atoms with Gasteiger partial charge in [-0.3, -0.25) is 0 Å². The van der Waals surface area contributed by atoms with Crippen molar-refractivity contribution in [3.63, 3.8) is 0 Å². The van der Waals surface area contributed by atoms with Crippen LogP contribution in [0.4, 0.5) is 0 Å². The van der Waals surface area contributed by atoms with E-state index in [1.807, 2.05) is 60.7 Å². The van der Waals surface area contributed by atoms with E-state index in [0.29, 0.717) is 23.2 Å². The molecule has 0 amide bonds. The highest BCUT2D eigenvalue weighted by molar-refractivity contribution is 6.15. The van der Waals surface area contributed by atoms with Gasteiger partial charge in [0.05, 0.1) is 0 Å². The lowest BCUT2D eigenvalue weighted by molar-refractivity contribution is 0.654. The summed E-state index contributed by atoms with van der Waals surface area (Å²) in [5, 5.41) is 8.36. The maximum Gasteiger partial charge on any atom is 0.227 e. The number of benzene rings is 6. The summed E-state index contributed by atoms with van der Waals surface area (Å²) in [6, 6.07) is 43.1. The number of para-hydroxylation sites is 1. The molecule has 0 fully saturated rings. The molecule has 46 heavy (non-hydrogen) atoms. The molecule has 0 aliphatic carbocycles. The van der Waals surface area contributed by atoms with Gasteiger partial charge in [-0.15, -0.1) is 0 Å². The largest absolute Gasteiger partial charge is 0.456 e. The lowest BCUT2D eigenvalue weighted by Crippen LogP contribution is -2.01. The van der Waals surface area contributed by atoms with E-state index in [1.54, 1.807) is 6.20 Å². The molecule has 214 valence electrons. The number of hydrogen-bond donors (Lipinski definition) is 0. The zero-order chi connectivity index (χ0) is 30.2. The van der Waals surface area contributed by atoms with Gasteiger partial charge in [0.2, 0.25) is 5.71 Å². The first-order valence-corrected chi connectivity index (χ1v) is 15.1. The SMILES string of the molecule is c1ccc2c(c1)cc(-c1nc(-c3cccc4oc5ccccc5c34)nc(-c3cccc4oc5ncccc5c34)n1)c1ccccc12. The Bertz CT molecular complexity index is 2700. The van der Waals surface area contributed by atoms with Gasteiger partial charge < -0.3 is 8.83 Å². The van der Waals surface area contributed by atoms with Crippen LogP contribution in [0.25, 0.3) is 99.7 Å². The second kappa shape index (κ2) is 9.55. The zero-order valence-electron chi connectivity index (χ0n) is 24.3. The fourth-order valence-corrected chi connectivity index (χ4v) is 6.78. The first kappa shape index (κ1) is 25.0. The molecule has 0 atom stereocenters. The second-order valence-electron chi connectivity index (χ2n) is 11.4. The Hall–Kier alpha value is -6.40. The summed E-state index contributed by atoms with van der Waals surface area (Å²) in [6.07, 6.45) is 1.74. The van der Waals surface area contributed by atoms with Gasteiger partial charge in [0.1, 0.15) is 16.7 Å². The van der Waals surface area contributed by atoms with Crippen LogP contribution in [0.1, 0.15) is 0 Å². The van der Waals surface area contributed by atoms with Crippen LogP contribution >= 0.6 is 0 Å². The molecule has 0 radical (unpaired) electrons. The van der Waals surface area contributed by atoms with Gasteiger partial charge in [0, 0.05) is 44.4 Å². The summed E-state index contributed by atoms with van der Waals surface area (Å²) in [7, 11) is 0. The molecule has 0 aliphatic rings. The number of fused-ring (bicyclic) bond motifs is 9. The minimum atomic E-state index is 0.555.